The molecule has 4 amide bonds. The van der Waals surface area contributed by atoms with Crippen molar-refractivity contribution >= 4 is 23.6 Å². The number of aromatic nitrogens is 1. The van der Waals surface area contributed by atoms with Crippen LogP contribution in [0.2, 0.25) is 0 Å². The highest BCUT2D eigenvalue weighted by Crippen LogP contribution is 2.26. The molecule has 0 spiro atoms. The summed E-state index contributed by atoms with van der Waals surface area (Å²) in [6.07, 6.45) is 2.93. The van der Waals surface area contributed by atoms with Gasteiger partial charge < -0.3 is 29.9 Å². The average Bonchev–Trinajstić information content (AvgIpc) is 3.01. The first kappa shape index (κ1) is 30.5. The van der Waals surface area contributed by atoms with E-state index in [2.05, 4.69) is 15.6 Å². The smallest absolute Gasteiger partial charge is 0.258 e. The maximum Gasteiger partial charge on any atom is 0.258 e. The molecule has 2 aliphatic rings. The van der Waals surface area contributed by atoms with Crippen molar-refractivity contribution in [2.24, 2.45) is 0 Å². The number of rotatable bonds is 3. The lowest BCUT2D eigenvalue weighted by molar-refractivity contribution is -0.137. The fraction of sp³-hybridized carbons (Fsp3) is 0.344. The van der Waals surface area contributed by atoms with E-state index in [-0.39, 0.29) is 61.6 Å². The Morgan fingerprint density at radius 1 is 1.02 bits per heavy atom. The average molecular weight is 604 g/mol. The summed E-state index contributed by atoms with van der Waals surface area (Å²) in [4.78, 5) is 58.4. The Bertz CT molecular complexity index is 1560. The second-order valence-electron chi connectivity index (χ2n) is 11.0. The van der Waals surface area contributed by atoms with Crippen LogP contribution in [-0.4, -0.2) is 84.4 Å². The van der Waals surface area contributed by atoms with Gasteiger partial charge in [-0.1, -0.05) is 12.1 Å². The van der Waals surface area contributed by atoms with E-state index in [1.54, 1.807) is 55.5 Å². The van der Waals surface area contributed by atoms with Crippen molar-refractivity contribution in [3.8, 4) is 22.6 Å². The van der Waals surface area contributed by atoms with Crippen molar-refractivity contribution in [2.45, 2.75) is 38.0 Å². The lowest BCUT2D eigenvalue weighted by Gasteiger charge is -2.39. The number of fused-ring (bicyclic) bond motifs is 8. The summed E-state index contributed by atoms with van der Waals surface area (Å²) in [7, 11) is 3.27. The van der Waals surface area contributed by atoms with Crippen LogP contribution in [-0.2, 0) is 20.9 Å². The van der Waals surface area contributed by atoms with Crippen molar-refractivity contribution in [1.82, 2.24) is 25.4 Å². The zero-order valence-corrected chi connectivity index (χ0v) is 24.5. The first-order valence-electron chi connectivity index (χ1n) is 14.3. The molecule has 0 unspecified atom stereocenters. The number of likely N-dealkylation sites (tertiary alicyclic amines) is 1. The summed E-state index contributed by atoms with van der Waals surface area (Å²) in [5, 5.41) is 5.72. The van der Waals surface area contributed by atoms with Crippen LogP contribution in [0, 0.1) is 5.82 Å². The zero-order valence-electron chi connectivity index (χ0n) is 24.5. The highest BCUT2D eigenvalue weighted by atomic mass is 19.1. The number of pyridine rings is 1. The third-order valence-corrected chi connectivity index (χ3v) is 7.52. The van der Waals surface area contributed by atoms with Gasteiger partial charge in [0.1, 0.15) is 23.4 Å². The molecule has 2 atom stereocenters. The molecule has 1 aromatic heterocycles. The van der Waals surface area contributed by atoms with E-state index in [9.17, 15) is 23.6 Å². The SMILES string of the molecule is CN(C)C(=O)CCC(=O)N1CC[C@@H]2Oc3cc(F)cc(c3)CNC(=O)COc3cccc(c3)-c3cncc(c3)C(=O)N[C@@H]2C1. The Labute approximate surface area is 254 Å². The number of ether oxygens (including phenoxy) is 2. The molecule has 3 heterocycles. The van der Waals surface area contributed by atoms with Gasteiger partial charge in [-0.15, -0.1) is 0 Å². The number of benzene rings is 2. The number of nitrogens with zero attached hydrogens (tertiary/aromatic N) is 3. The van der Waals surface area contributed by atoms with Gasteiger partial charge in [0.25, 0.3) is 11.8 Å². The number of carbonyl (C=O) groups excluding carboxylic acids is 4. The second-order valence-corrected chi connectivity index (χ2v) is 11.0. The normalized spacial score (nSPS) is 18.6. The van der Waals surface area contributed by atoms with Gasteiger partial charge in [0, 0.05) is 77.0 Å². The molecule has 1 saturated heterocycles. The van der Waals surface area contributed by atoms with E-state index in [1.165, 1.54) is 23.2 Å². The van der Waals surface area contributed by atoms with Gasteiger partial charge in [-0.2, -0.15) is 0 Å². The first-order chi connectivity index (χ1) is 21.1. The first-order valence-corrected chi connectivity index (χ1v) is 14.3. The molecule has 0 aliphatic carbocycles. The molecule has 2 N–H and O–H groups in total. The quantitative estimate of drug-likeness (QED) is 0.471. The van der Waals surface area contributed by atoms with Gasteiger partial charge in [-0.25, -0.2) is 4.39 Å². The predicted molar refractivity (Wildman–Crippen MR) is 158 cm³/mol. The molecule has 1 fully saturated rings. The lowest BCUT2D eigenvalue weighted by atomic mass is 10.00. The van der Waals surface area contributed by atoms with Crippen LogP contribution in [0.3, 0.4) is 0 Å². The van der Waals surface area contributed by atoms with E-state index in [0.29, 0.717) is 29.8 Å². The van der Waals surface area contributed by atoms with Crippen LogP contribution in [0.5, 0.6) is 11.5 Å². The van der Waals surface area contributed by atoms with Crippen molar-refractivity contribution in [3.63, 3.8) is 0 Å². The third-order valence-electron chi connectivity index (χ3n) is 7.52. The maximum atomic E-state index is 14.6. The van der Waals surface area contributed by atoms with Crippen molar-refractivity contribution < 1.29 is 33.0 Å². The Hall–Kier alpha value is -5.00. The minimum atomic E-state index is -0.654. The topological polar surface area (TPSA) is 130 Å². The van der Waals surface area contributed by atoms with Crippen LogP contribution in [0.4, 0.5) is 4.39 Å². The number of piperidine rings is 1. The molecular formula is C32H34FN5O6. The highest BCUT2D eigenvalue weighted by molar-refractivity contribution is 5.95. The monoisotopic (exact) mass is 603 g/mol. The van der Waals surface area contributed by atoms with Crippen molar-refractivity contribution in [3.05, 3.63) is 77.9 Å². The molecule has 0 saturated carbocycles. The number of hydrogen-bond donors (Lipinski definition) is 2. The molecule has 5 rings (SSSR count). The molecule has 2 aromatic carbocycles. The fourth-order valence-corrected chi connectivity index (χ4v) is 5.14. The van der Waals surface area contributed by atoms with Gasteiger partial charge in [0.15, 0.2) is 6.61 Å². The Kier molecular flexibility index (Phi) is 9.37. The molecule has 44 heavy (non-hydrogen) atoms. The summed E-state index contributed by atoms with van der Waals surface area (Å²) in [5.74, 6) is -1.04. The zero-order chi connectivity index (χ0) is 31.2. The van der Waals surface area contributed by atoms with Gasteiger partial charge in [-0.05, 0) is 41.5 Å². The van der Waals surface area contributed by atoms with E-state index < -0.39 is 23.9 Å². The second kappa shape index (κ2) is 13.5. The van der Waals surface area contributed by atoms with Crippen LogP contribution in [0.15, 0.2) is 60.9 Å². The van der Waals surface area contributed by atoms with Crippen LogP contribution in [0.1, 0.15) is 35.2 Å². The summed E-state index contributed by atoms with van der Waals surface area (Å²) in [6.45, 7) is 0.269. The Morgan fingerprint density at radius 2 is 1.84 bits per heavy atom. The minimum Gasteiger partial charge on any atom is -0.488 e. The number of carbonyl (C=O) groups is 4. The number of amides is 4. The van der Waals surface area contributed by atoms with Crippen molar-refractivity contribution in [1.29, 1.82) is 0 Å². The number of nitrogens with one attached hydrogen (secondary N) is 2. The van der Waals surface area contributed by atoms with Crippen LogP contribution in [0.25, 0.3) is 11.1 Å². The summed E-state index contributed by atoms with van der Waals surface area (Å²) >= 11 is 0. The summed E-state index contributed by atoms with van der Waals surface area (Å²) in [6, 6.07) is 12.3. The molecule has 12 heteroatoms. The van der Waals surface area contributed by atoms with Crippen molar-refractivity contribution in [2.75, 3.05) is 33.8 Å². The molecule has 11 nitrogen and oxygen atoms in total. The fourth-order valence-electron chi connectivity index (χ4n) is 5.14. The standard InChI is InChI=1S/C32H34FN5O6/c1-37(2)30(40)6-7-31(41)38-9-8-28-27(18-38)36-32(42)23-12-22(16-34-17-23)21-4-3-5-25(13-21)43-19-29(39)35-15-20-10-24(33)14-26(11-20)44-28/h3-5,10-14,16-17,27-28H,6-9,15,18-19H2,1-2H3,(H,35,39)(H,36,42)/t27-,28+/m1/s1. The molecule has 0 radical (unpaired) electrons. The summed E-state index contributed by atoms with van der Waals surface area (Å²) in [5.41, 5.74) is 2.17. The number of halogens is 1. The maximum absolute atomic E-state index is 14.6. The van der Waals surface area contributed by atoms with Crippen LogP contribution >= 0.6 is 0 Å². The number of hydrogen-bond acceptors (Lipinski definition) is 7. The molecule has 2 aliphatic heterocycles. The van der Waals surface area contributed by atoms with E-state index >= 15 is 0 Å². The predicted octanol–water partition coefficient (Wildman–Crippen LogP) is 2.54. The third kappa shape index (κ3) is 7.68. The van der Waals surface area contributed by atoms with E-state index in [0.717, 1.165) is 5.56 Å². The lowest BCUT2D eigenvalue weighted by Crippen LogP contribution is -2.58. The molecule has 3 aromatic rings. The van der Waals surface area contributed by atoms with Gasteiger partial charge in [0.05, 0.1) is 11.6 Å². The highest BCUT2D eigenvalue weighted by Gasteiger charge is 2.34. The molecule has 6 bridgehead atoms. The largest absolute Gasteiger partial charge is 0.488 e. The van der Waals surface area contributed by atoms with E-state index in [4.69, 9.17) is 9.47 Å². The Morgan fingerprint density at radius 3 is 2.66 bits per heavy atom. The summed E-state index contributed by atoms with van der Waals surface area (Å²) < 4.78 is 26.5. The Balaban J connectivity index is 1.44. The molecule has 230 valence electrons. The van der Waals surface area contributed by atoms with E-state index in [1.807, 2.05) is 6.07 Å². The molecular weight excluding hydrogens is 569 g/mol. The van der Waals surface area contributed by atoms with Gasteiger partial charge >= 0.3 is 0 Å². The van der Waals surface area contributed by atoms with Crippen LogP contribution < -0.4 is 20.1 Å². The van der Waals surface area contributed by atoms with Gasteiger partial charge in [0.2, 0.25) is 11.8 Å². The minimum absolute atomic E-state index is 0.0386. The van der Waals surface area contributed by atoms with Gasteiger partial charge in [-0.3, -0.25) is 24.2 Å².